The van der Waals surface area contributed by atoms with Crippen molar-refractivity contribution in [1.82, 2.24) is 15.0 Å². The van der Waals surface area contributed by atoms with Crippen molar-refractivity contribution in [3.05, 3.63) is 72.8 Å². The second kappa shape index (κ2) is 7.36. The van der Waals surface area contributed by atoms with Crippen molar-refractivity contribution in [2.24, 2.45) is 0 Å². The number of hydrogen-bond donors (Lipinski definition) is 2. The summed E-state index contributed by atoms with van der Waals surface area (Å²) in [6.07, 6.45) is 0. The van der Waals surface area contributed by atoms with E-state index in [9.17, 15) is 10.2 Å². The van der Waals surface area contributed by atoms with Crippen LogP contribution in [-0.4, -0.2) is 32.3 Å². The zero-order chi connectivity index (χ0) is 19.5. The van der Waals surface area contributed by atoms with Gasteiger partial charge >= 0.3 is 0 Å². The molecular formula is C22H17N3O3. The number of benzene rings is 3. The molecular weight excluding hydrogens is 354 g/mol. The van der Waals surface area contributed by atoms with E-state index in [0.29, 0.717) is 11.6 Å². The van der Waals surface area contributed by atoms with Crippen LogP contribution < -0.4 is 4.74 Å². The van der Waals surface area contributed by atoms with E-state index >= 15 is 0 Å². The van der Waals surface area contributed by atoms with Crippen LogP contribution in [0.3, 0.4) is 0 Å². The van der Waals surface area contributed by atoms with Gasteiger partial charge in [-0.25, -0.2) is 15.0 Å². The highest BCUT2D eigenvalue weighted by molar-refractivity contribution is 5.73. The summed E-state index contributed by atoms with van der Waals surface area (Å²) in [6, 6.07) is 22.2. The van der Waals surface area contributed by atoms with E-state index in [1.54, 1.807) is 12.1 Å². The van der Waals surface area contributed by atoms with Crippen LogP contribution in [0.1, 0.15) is 0 Å². The Bertz CT molecular complexity index is 1060. The highest BCUT2D eigenvalue weighted by Crippen LogP contribution is 2.42. The lowest BCUT2D eigenvalue weighted by atomic mass is 10.1. The molecule has 0 saturated heterocycles. The third kappa shape index (κ3) is 3.23. The van der Waals surface area contributed by atoms with Gasteiger partial charge in [0, 0.05) is 11.1 Å². The molecule has 0 saturated carbocycles. The molecule has 6 heteroatoms. The molecule has 0 spiro atoms. The summed E-state index contributed by atoms with van der Waals surface area (Å²) in [7, 11) is 1.41. The summed E-state index contributed by atoms with van der Waals surface area (Å²) < 4.78 is 5.04. The van der Waals surface area contributed by atoms with Crippen molar-refractivity contribution in [1.29, 1.82) is 0 Å². The van der Waals surface area contributed by atoms with Crippen molar-refractivity contribution >= 4 is 0 Å². The van der Waals surface area contributed by atoms with Crippen LogP contribution in [0.15, 0.2) is 72.8 Å². The van der Waals surface area contributed by atoms with E-state index in [2.05, 4.69) is 15.0 Å². The Hall–Kier alpha value is -3.93. The highest BCUT2D eigenvalue weighted by Gasteiger charge is 2.18. The summed E-state index contributed by atoms with van der Waals surface area (Å²) >= 11 is 0. The summed E-state index contributed by atoms with van der Waals surface area (Å²) in [5.41, 5.74) is 1.93. The Labute approximate surface area is 161 Å². The molecule has 1 heterocycles. The van der Waals surface area contributed by atoms with Crippen molar-refractivity contribution in [3.63, 3.8) is 0 Å². The average molecular weight is 371 g/mol. The molecule has 0 bridgehead atoms. The normalized spacial score (nSPS) is 10.6. The first-order valence-corrected chi connectivity index (χ1v) is 8.63. The number of phenolic OH excluding ortho intramolecular Hbond substituents is 2. The molecule has 0 amide bonds. The van der Waals surface area contributed by atoms with E-state index in [0.717, 1.165) is 11.1 Å². The van der Waals surface area contributed by atoms with Gasteiger partial charge in [0.05, 0.1) is 12.7 Å². The Balaban J connectivity index is 1.94. The number of aromatic nitrogens is 3. The largest absolute Gasteiger partial charge is 0.504 e. The number of ether oxygens (including phenoxy) is 1. The van der Waals surface area contributed by atoms with Crippen LogP contribution in [-0.2, 0) is 0 Å². The minimum Gasteiger partial charge on any atom is -0.504 e. The van der Waals surface area contributed by atoms with Crippen molar-refractivity contribution in [2.75, 3.05) is 7.11 Å². The topological polar surface area (TPSA) is 88.4 Å². The minimum atomic E-state index is -0.358. The molecule has 0 unspecified atom stereocenters. The van der Waals surface area contributed by atoms with Gasteiger partial charge in [-0.3, -0.25) is 0 Å². The monoisotopic (exact) mass is 371 g/mol. The lowest BCUT2D eigenvalue weighted by molar-refractivity contribution is 0.351. The first-order valence-electron chi connectivity index (χ1n) is 8.63. The average Bonchev–Trinajstić information content (AvgIpc) is 2.76. The lowest BCUT2D eigenvalue weighted by Crippen LogP contribution is -2.00. The summed E-state index contributed by atoms with van der Waals surface area (Å²) in [5, 5.41) is 20.6. The van der Waals surface area contributed by atoms with Gasteiger partial charge in [-0.2, -0.15) is 0 Å². The third-order valence-electron chi connectivity index (χ3n) is 4.27. The minimum absolute atomic E-state index is 0.168. The van der Waals surface area contributed by atoms with Crippen LogP contribution in [0.2, 0.25) is 0 Å². The van der Waals surface area contributed by atoms with E-state index in [1.807, 2.05) is 60.7 Å². The molecule has 0 atom stereocenters. The van der Waals surface area contributed by atoms with Gasteiger partial charge in [0.25, 0.3) is 0 Å². The maximum Gasteiger partial charge on any atom is 0.201 e. The molecule has 0 radical (unpaired) electrons. The van der Waals surface area contributed by atoms with E-state index in [4.69, 9.17) is 4.74 Å². The Morgan fingerprint density at radius 1 is 0.607 bits per heavy atom. The number of rotatable bonds is 4. The zero-order valence-electron chi connectivity index (χ0n) is 15.1. The van der Waals surface area contributed by atoms with Crippen LogP contribution in [0.5, 0.6) is 17.2 Å². The zero-order valence-corrected chi connectivity index (χ0v) is 15.1. The molecule has 0 fully saturated rings. The predicted molar refractivity (Wildman–Crippen MR) is 106 cm³/mol. The number of hydrogen-bond acceptors (Lipinski definition) is 6. The molecule has 138 valence electrons. The summed E-state index contributed by atoms with van der Waals surface area (Å²) in [6.45, 7) is 0. The fourth-order valence-electron chi connectivity index (χ4n) is 2.84. The highest BCUT2D eigenvalue weighted by atomic mass is 16.5. The quantitative estimate of drug-likeness (QED) is 0.520. The predicted octanol–water partition coefficient (Wildman–Crippen LogP) is 4.29. The van der Waals surface area contributed by atoms with E-state index in [1.165, 1.54) is 7.11 Å². The molecule has 0 aliphatic heterocycles. The van der Waals surface area contributed by atoms with Crippen molar-refractivity contribution in [3.8, 4) is 51.4 Å². The maximum atomic E-state index is 10.5. The standard InChI is InChI=1S/C22H17N3O3/c1-28-17-13-12-16(18(26)19(17)27)22-24-20(14-8-4-2-5-9-14)23-21(25-22)15-10-6-3-7-11-15/h2-13,26-27H,1H3. The Kier molecular flexibility index (Phi) is 4.60. The summed E-state index contributed by atoms with van der Waals surface area (Å²) in [4.78, 5) is 13.6. The molecule has 4 rings (SSSR count). The molecule has 3 aromatic carbocycles. The first kappa shape index (κ1) is 17.5. The van der Waals surface area contributed by atoms with Crippen LogP contribution in [0, 0.1) is 0 Å². The number of aromatic hydroxyl groups is 2. The number of phenols is 2. The van der Waals surface area contributed by atoms with Gasteiger partial charge in [0.1, 0.15) is 0 Å². The van der Waals surface area contributed by atoms with Gasteiger partial charge in [-0.05, 0) is 12.1 Å². The fraction of sp³-hybridized carbons (Fsp3) is 0.0455. The van der Waals surface area contributed by atoms with Crippen molar-refractivity contribution in [2.45, 2.75) is 0 Å². The van der Waals surface area contributed by atoms with Crippen LogP contribution >= 0.6 is 0 Å². The Morgan fingerprint density at radius 2 is 1.11 bits per heavy atom. The van der Waals surface area contributed by atoms with Gasteiger partial charge < -0.3 is 14.9 Å². The van der Waals surface area contributed by atoms with Gasteiger partial charge in [-0.15, -0.1) is 0 Å². The Morgan fingerprint density at radius 3 is 1.61 bits per heavy atom. The van der Waals surface area contributed by atoms with Crippen molar-refractivity contribution < 1.29 is 14.9 Å². The summed E-state index contributed by atoms with van der Waals surface area (Å²) in [5.74, 6) is 0.662. The van der Waals surface area contributed by atoms with Crippen LogP contribution in [0.25, 0.3) is 34.2 Å². The molecule has 6 nitrogen and oxygen atoms in total. The smallest absolute Gasteiger partial charge is 0.201 e. The van der Waals surface area contributed by atoms with Gasteiger partial charge in [0.2, 0.25) is 5.75 Å². The molecule has 1 aromatic heterocycles. The number of nitrogens with zero attached hydrogens (tertiary/aromatic N) is 3. The molecule has 0 aliphatic carbocycles. The molecule has 0 aliphatic rings. The second-order valence-corrected chi connectivity index (χ2v) is 6.05. The third-order valence-corrected chi connectivity index (χ3v) is 4.27. The van der Waals surface area contributed by atoms with E-state index in [-0.39, 0.29) is 28.6 Å². The molecule has 4 aromatic rings. The fourth-order valence-corrected chi connectivity index (χ4v) is 2.84. The lowest BCUT2D eigenvalue weighted by Gasteiger charge is -2.11. The number of methoxy groups -OCH3 is 1. The van der Waals surface area contributed by atoms with E-state index < -0.39 is 0 Å². The van der Waals surface area contributed by atoms with Crippen LogP contribution in [0.4, 0.5) is 0 Å². The molecule has 28 heavy (non-hydrogen) atoms. The van der Waals surface area contributed by atoms with Gasteiger partial charge in [0.15, 0.2) is 29.0 Å². The first-order chi connectivity index (χ1) is 13.7. The molecule has 2 N–H and O–H groups in total. The maximum absolute atomic E-state index is 10.5. The second-order valence-electron chi connectivity index (χ2n) is 6.05. The SMILES string of the molecule is COc1ccc(-c2nc(-c3ccccc3)nc(-c3ccccc3)n2)c(O)c1O. The van der Waals surface area contributed by atoms with Gasteiger partial charge in [-0.1, -0.05) is 60.7 Å².